The molecule has 0 radical (unpaired) electrons. The monoisotopic (exact) mass is 256 g/mol. The predicted molar refractivity (Wildman–Crippen MR) is 73.5 cm³/mol. The van der Waals surface area contributed by atoms with Gasteiger partial charge >= 0.3 is 0 Å². The van der Waals surface area contributed by atoms with Crippen molar-refractivity contribution in [1.29, 1.82) is 0 Å². The Labute approximate surface area is 111 Å². The first kappa shape index (κ1) is 11.8. The van der Waals surface area contributed by atoms with Gasteiger partial charge in [-0.1, -0.05) is 0 Å². The highest BCUT2D eigenvalue weighted by molar-refractivity contribution is 6.04. The van der Waals surface area contributed by atoms with Crippen molar-refractivity contribution >= 4 is 11.6 Å². The van der Waals surface area contributed by atoms with E-state index in [0.717, 1.165) is 24.2 Å². The molecule has 0 bridgehead atoms. The zero-order valence-electron chi connectivity index (χ0n) is 10.8. The van der Waals surface area contributed by atoms with Crippen LogP contribution >= 0.6 is 0 Å². The molecule has 98 valence electrons. The number of rotatable bonds is 3. The molecule has 0 aliphatic heterocycles. The Hall–Kier alpha value is -2.23. The third kappa shape index (κ3) is 2.21. The van der Waals surface area contributed by atoms with Gasteiger partial charge in [0.1, 0.15) is 11.4 Å². The van der Waals surface area contributed by atoms with Gasteiger partial charge in [0.05, 0.1) is 0 Å². The minimum Gasteiger partial charge on any atom is -0.508 e. The molecule has 1 heterocycles. The molecule has 1 fully saturated rings. The van der Waals surface area contributed by atoms with Crippen LogP contribution in [0.4, 0.5) is 5.69 Å². The van der Waals surface area contributed by atoms with Crippen LogP contribution in [0.5, 0.6) is 5.75 Å². The van der Waals surface area contributed by atoms with Gasteiger partial charge in [0.15, 0.2) is 0 Å². The molecule has 1 saturated carbocycles. The van der Waals surface area contributed by atoms with Gasteiger partial charge in [-0.15, -0.1) is 0 Å². The maximum Gasteiger partial charge on any atom is 0.274 e. The zero-order valence-corrected chi connectivity index (χ0v) is 10.8. The maximum absolute atomic E-state index is 12.5. The van der Waals surface area contributed by atoms with E-state index in [4.69, 9.17) is 0 Å². The lowest BCUT2D eigenvalue weighted by molar-refractivity contribution is 0.0984. The highest BCUT2D eigenvalue weighted by Crippen LogP contribution is 2.36. The molecule has 1 amide bonds. The fourth-order valence-electron chi connectivity index (χ4n) is 2.21. The quantitative estimate of drug-likeness (QED) is 0.917. The van der Waals surface area contributed by atoms with Crippen molar-refractivity contribution in [3.05, 3.63) is 48.3 Å². The van der Waals surface area contributed by atoms with Crippen molar-refractivity contribution in [2.45, 2.75) is 18.9 Å². The van der Waals surface area contributed by atoms with E-state index in [1.165, 1.54) is 0 Å². The van der Waals surface area contributed by atoms with Crippen LogP contribution in [0, 0.1) is 0 Å². The van der Waals surface area contributed by atoms with E-state index in [1.54, 1.807) is 36.2 Å². The zero-order chi connectivity index (χ0) is 13.4. The molecule has 4 heteroatoms. The highest BCUT2D eigenvalue weighted by atomic mass is 16.3. The van der Waals surface area contributed by atoms with Gasteiger partial charge in [-0.25, -0.2) is 0 Å². The van der Waals surface area contributed by atoms with E-state index < -0.39 is 0 Å². The lowest BCUT2D eigenvalue weighted by atomic mass is 10.2. The number of phenols is 1. The lowest BCUT2D eigenvalue weighted by Gasteiger charge is -2.18. The molecular formula is C15H16N2O2. The second-order valence-electron chi connectivity index (χ2n) is 4.91. The van der Waals surface area contributed by atoms with Crippen LogP contribution in [0.2, 0.25) is 0 Å². The number of hydrogen-bond acceptors (Lipinski definition) is 2. The summed E-state index contributed by atoms with van der Waals surface area (Å²) in [5.41, 5.74) is 1.49. The number of hydrogen-bond donors (Lipinski definition) is 1. The number of phenolic OH excluding ortho intramolecular Hbond substituents is 1. The van der Waals surface area contributed by atoms with Crippen LogP contribution in [0.25, 0.3) is 0 Å². The van der Waals surface area contributed by atoms with Gasteiger partial charge in [0.25, 0.3) is 5.91 Å². The normalized spacial score (nSPS) is 14.4. The molecule has 19 heavy (non-hydrogen) atoms. The number of aromatic hydroxyl groups is 1. The number of amides is 1. The summed E-state index contributed by atoms with van der Waals surface area (Å²) in [4.78, 5) is 14.1. The largest absolute Gasteiger partial charge is 0.508 e. The van der Waals surface area contributed by atoms with Crippen LogP contribution in [0.1, 0.15) is 29.4 Å². The van der Waals surface area contributed by atoms with Crippen LogP contribution in [0.3, 0.4) is 0 Å². The van der Waals surface area contributed by atoms with Gasteiger partial charge < -0.3 is 14.6 Å². The first-order chi connectivity index (χ1) is 9.16. The Morgan fingerprint density at radius 3 is 2.58 bits per heavy atom. The third-order valence-corrected chi connectivity index (χ3v) is 3.48. The van der Waals surface area contributed by atoms with Crippen LogP contribution < -0.4 is 4.90 Å². The lowest BCUT2D eigenvalue weighted by Crippen LogP contribution is -2.28. The molecule has 1 aromatic heterocycles. The number of anilines is 1. The van der Waals surface area contributed by atoms with Crippen LogP contribution in [-0.4, -0.2) is 22.6 Å². The van der Waals surface area contributed by atoms with Crippen molar-refractivity contribution in [1.82, 2.24) is 4.57 Å². The predicted octanol–water partition coefficient (Wildman–Crippen LogP) is 2.81. The van der Waals surface area contributed by atoms with Gasteiger partial charge in [-0.05, 0) is 49.2 Å². The Morgan fingerprint density at radius 2 is 1.95 bits per heavy atom. The summed E-state index contributed by atoms with van der Waals surface area (Å²) in [6.07, 6.45) is 4.27. The molecule has 3 rings (SSSR count). The smallest absolute Gasteiger partial charge is 0.274 e. The fourth-order valence-corrected chi connectivity index (χ4v) is 2.21. The van der Waals surface area contributed by atoms with E-state index in [2.05, 4.69) is 4.57 Å². The second kappa shape index (κ2) is 4.46. The molecule has 2 aromatic rings. The number of carbonyl (C=O) groups is 1. The summed E-state index contributed by atoms with van der Waals surface area (Å²) in [7, 11) is 1.75. The number of carbonyl (C=O) groups excluding carboxylic acids is 1. The third-order valence-electron chi connectivity index (χ3n) is 3.48. The first-order valence-electron chi connectivity index (χ1n) is 6.41. The maximum atomic E-state index is 12.5. The Kier molecular flexibility index (Phi) is 2.78. The summed E-state index contributed by atoms with van der Waals surface area (Å²) in [6, 6.07) is 10.9. The average Bonchev–Trinajstić information content (AvgIpc) is 3.15. The van der Waals surface area contributed by atoms with E-state index in [9.17, 15) is 9.90 Å². The summed E-state index contributed by atoms with van der Waals surface area (Å²) in [5, 5.41) is 9.28. The Morgan fingerprint density at radius 1 is 1.26 bits per heavy atom. The number of aromatic nitrogens is 1. The van der Waals surface area contributed by atoms with E-state index in [-0.39, 0.29) is 11.7 Å². The molecule has 0 spiro atoms. The number of benzene rings is 1. The molecule has 1 aromatic carbocycles. The standard InChI is InChI=1S/C15H16N2O2/c1-16(11-6-8-13(18)9-7-11)15(19)14-3-2-10-17(14)12-4-5-12/h2-3,6-10,12,18H,4-5H2,1H3. The Bertz CT molecular complexity index is 597. The van der Waals surface area contributed by atoms with Crippen molar-refractivity contribution in [2.75, 3.05) is 11.9 Å². The molecular weight excluding hydrogens is 240 g/mol. The average molecular weight is 256 g/mol. The van der Waals surface area contributed by atoms with Gasteiger partial charge in [0, 0.05) is 25.0 Å². The summed E-state index contributed by atoms with van der Waals surface area (Å²) < 4.78 is 2.05. The van der Waals surface area contributed by atoms with Crippen molar-refractivity contribution in [2.24, 2.45) is 0 Å². The van der Waals surface area contributed by atoms with E-state index >= 15 is 0 Å². The van der Waals surface area contributed by atoms with Crippen molar-refractivity contribution < 1.29 is 9.90 Å². The molecule has 0 unspecified atom stereocenters. The Balaban J connectivity index is 1.86. The van der Waals surface area contributed by atoms with Gasteiger partial charge in [-0.3, -0.25) is 4.79 Å². The minimum atomic E-state index is -0.0254. The fraction of sp³-hybridized carbons (Fsp3) is 0.267. The SMILES string of the molecule is CN(C(=O)c1cccn1C1CC1)c1ccc(O)cc1. The topological polar surface area (TPSA) is 45.5 Å². The molecule has 0 saturated heterocycles. The molecule has 1 aliphatic carbocycles. The second-order valence-corrected chi connectivity index (χ2v) is 4.91. The van der Waals surface area contributed by atoms with Gasteiger partial charge in [-0.2, -0.15) is 0 Å². The molecule has 1 aliphatic rings. The first-order valence-corrected chi connectivity index (χ1v) is 6.41. The molecule has 1 N–H and O–H groups in total. The van der Waals surface area contributed by atoms with Crippen molar-refractivity contribution in [3.8, 4) is 5.75 Å². The molecule has 0 atom stereocenters. The van der Waals surface area contributed by atoms with E-state index in [0.29, 0.717) is 6.04 Å². The van der Waals surface area contributed by atoms with Gasteiger partial charge in [0.2, 0.25) is 0 Å². The minimum absolute atomic E-state index is 0.0254. The highest BCUT2D eigenvalue weighted by Gasteiger charge is 2.27. The van der Waals surface area contributed by atoms with Crippen LogP contribution in [-0.2, 0) is 0 Å². The van der Waals surface area contributed by atoms with E-state index in [1.807, 2.05) is 18.3 Å². The number of nitrogens with zero attached hydrogens (tertiary/aromatic N) is 2. The summed E-state index contributed by atoms with van der Waals surface area (Å²) >= 11 is 0. The summed E-state index contributed by atoms with van der Waals surface area (Å²) in [5.74, 6) is 0.175. The van der Waals surface area contributed by atoms with Crippen LogP contribution in [0.15, 0.2) is 42.6 Å². The molecule has 4 nitrogen and oxygen atoms in total. The van der Waals surface area contributed by atoms with Crippen molar-refractivity contribution in [3.63, 3.8) is 0 Å². The summed E-state index contributed by atoms with van der Waals surface area (Å²) in [6.45, 7) is 0.